The van der Waals surface area contributed by atoms with Crippen LogP contribution in [0.2, 0.25) is 0 Å². The number of aryl methyl sites for hydroxylation is 1. The smallest absolute Gasteiger partial charge is 0.133 e. The third kappa shape index (κ3) is 1.61. The van der Waals surface area contributed by atoms with Gasteiger partial charge in [-0.3, -0.25) is 4.68 Å². The summed E-state index contributed by atoms with van der Waals surface area (Å²) in [6.07, 6.45) is 2.77. The lowest BCUT2D eigenvalue weighted by molar-refractivity contribution is 0.525. The molecule has 0 fully saturated rings. The first-order valence-electron chi connectivity index (χ1n) is 7.01. The summed E-state index contributed by atoms with van der Waals surface area (Å²) in [6.45, 7) is 3.19. The molecule has 0 bridgehead atoms. The van der Waals surface area contributed by atoms with E-state index in [1.807, 2.05) is 23.9 Å². The molecule has 4 heteroatoms. The van der Waals surface area contributed by atoms with E-state index in [1.54, 1.807) is 6.26 Å². The standard InChI is InChI=1S/C16H17N3O/c1-10-15-13(5-7-17-10)16(19(2)18-15)12-3-4-14-11(9-12)6-8-20-14/h3-4,6,8-10,17H,5,7H2,1-2H3/t10-/m0/s1. The normalized spacial score (nSPS) is 18.4. The van der Waals surface area contributed by atoms with Crippen LogP contribution in [0.1, 0.15) is 24.2 Å². The average molecular weight is 267 g/mol. The summed E-state index contributed by atoms with van der Waals surface area (Å²) in [7, 11) is 2.03. The van der Waals surface area contributed by atoms with Crippen LogP contribution in [-0.4, -0.2) is 16.3 Å². The van der Waals surface area contributed by atoms with E-state index in [1.165, 1.54) is 22.5 Å². The van der Waals surface area contributed by atoms with E-state index in [0.29, 0.717) is 6.04 Å². The third-order valence-electron chi connectivity index (χ3n) is 4.14. The molecule has 0 saturated carbocycles. The van der Waals surface area contributed by atoms with Crippen LogP contribution in [0.15, 0.2) is 34.9 Å². The number of nitrogens with zero attached hydrogens (tertiary/aromatic N) is 2. The lowest BCUT2D eigenvalue weighted by Gasteiger charge is -2.19. The molecular weight excluding hydrogens is 250 g/mol. The number of hydrogen-bond donors (Lipinski definition) is 1. The SMILES string of the molecule is C[C@@H]1NCCc2c1nn(C)c2-c1ccc2occc2c1. The number of benzene rings is 1. The number of nitrogens with one attached hydrogen (secondary N) is 1. The maximum atomic E-state index is 5.42. The fraction of sp³-hybridized carbons (Fsp3) is 0.312. The minimum Gasteiger partial charge on any atom is -0.464 e. The van der Waals surface area contributed by atoms with Crippen molar-refractivity contribution in [3.8, 4) is 11.3 Å². The van der Waals surface area contributed by atoms with E-state index in [2.05, 4.69) is 24.4 Å². The van der Waals surface area contributed by atoms with Crippen molar-refractivity contribution >= 4 is 11.0 Å². The fourth-order valence-electron chi connectivity index (χ4n) is 3.17. The maximum absolute atomic E-state index is 5.42. The highest BCUT2D eigenvalue weighted by Gasteiger charge is 2.24. The number of aromatic nitrogens is 2. The lowest BCUT2D eigenvalue weighted by Crippen LogP contribution is -2.27. The van der Waals surface area contributed by atoms with Gasteiger partial charge in [-0.05, 0) is 44.2 Å². The van der Waals surface area contributed by atoms with Crippen LogP contribution in [0.3, 0.4) is 0 Å². The molecule has 0 unspecified atom stereocenters. The highest BCUT2D eigenvalue weighted by atomic mass is 16.3. The second kappa shape index (κ2) is 4.21. The van der Waals surface area contributed by atoms with Crippen molar-refractivity contribution in [2.24, 2.45) is 7.05 Å². The molecule has 0 spiro atoms. The molecule has 4 nitrogen and oxygen atoms in total. The number of rotatable bonds is 1. The van der Waals surface area contributed by atoms with Crippen LogP contribution in [-0.2, 0) is 13.5 Å². The van der Waals surface area contributed by atoms with Crippen LogP contribution >= 0.6 is 0 Å². The van der Waals surface area contributed by atoms with Crippen LogP contribution in [0.4, 0.5) is 0 Å². The van der Waals surface area contributed by atoms with Crippen LogP contribution < -0.4 is 5.32 Å². The Hall–Kier alpha value is -2.07. The highest BCUT2D eigenvalue weighted by Crippen LogP contribution is 2.33. The van der Waals surface area contributed by atoms with Gasteiger partial charge in [0.2, 0.25) is 0 Å². The molecule has 1 aromatic carbocycles. The van der Waals surface area contributed by atoms with E-state index >= 15 is 0 Å². The Kier molecular flexibility index (Phi) is 2.47. The molecular formula is C16H17N3O. The molecule has 1 N–H and O–H groups in total. The topological polar surface area (TPSA) is 43.0 Å². The quantitative estimate of drug-likeness (QED) is 0.737. The minimum atomic E-state index is 0.330. The van der Waals surface area contributed by atoms with Gasteiger partial charge in [0, 0.05) is 29.6 Å². The molecule has 20 heavy (non-hydrogen) atoms. The number of hydrogen-bond acceptors (Lipinski definition) is 3. The second-order valence-electron chi connectivity index (χ2n) is 5.44. The van der Waals surface area contributed by atoms with Crippen LogP contribution in [0.5, 0.6) is 0 Å². The molecule has 0 radical (unpaired) electrons. The van der Waals surface area contributed by atoms with Crippen molar-refractivity contribution in [3.05, 3.63) is 41.8 Å². The van der Waals surface area contributed by atoms with Crippen molar-refractivity contribution in [1.82, 2.24) is 15.1 Å². The summed E-state index contributed by atoms with van der Waals surface area (Å²) in [6, 6.07) is 8.68. The van der Waals surface area contributed by atoms with E-state index in [4.69, 9.17) is 9.52 Å². The first kappa shape index (κ1) is 11.7. The van der Waals surface area contributed by atoms with Gasteiger partial charge in [0.05, 0.1) is 17.7 Å². The molecule has 1 aliphatic rings. The van der Waals surface area contributed by atoms with E-state index in [-0.39, 0.29) is 0 Å². The first-order chi connectivity index (χ1) is 9.74. The lowest BCUT2D eigenvalue weighted by atomic mass is 9.97. The van der Waals surface area contributed by atoms with Crippen molar-refractivity contribution in [3.63, 3.8) is 0 Å². The van der Waals surface area contributed by atoms with Gasteiger partial charge in [0.15, 0.2) is 0 Å². The largest absolute Gasteiger partial charge is 0.464 e. The van der Waals surface area contributed by atoms with Gasteiger partial charge in [-0.1, -0.05) is 0 Å². The summed E-state index contributed by atoms with van der Waals surface area (Å²) in [4.78, 5) is 0. The molecule has 3 aromatic rings. The van der Waals surface area contributed by atoms with Gasteiger partial charge in [-0.25, -0.2) is 0 Å². The highest BCUT2D eigenvalue weighted by molar-refractivity contribution is 5.83. The number of fused-ring (bicyclic) bond motifs is 2. The predicted octanol–water partition coefficient (Wildman–Crippen LogP) is 3.04. The molecule has 2 aromatic heterocycles. The monoisotopic (exact) mass is 267 g/mol. The Morgan fingerprint density at radius 3 is 3.15 bits per heavy atom. The van der Waals surface area contributed by atoms with E-state index < -0.39 is 0 Å². The summed E-state index contributed by atoms with van der Waals surface area (Å²) in [5.74, 6) is 0. The Labute approximate surface area is 117 Å². The molecule has 1 atom stereocenters. The van der Waals surface area contributed by atoms with Crippen molar-refractivity contribution in [2.75, 3.05) is 6.54 Å². The first-order valence-corrected chi connectivity index (χ1v) is 7.01. The van der Waals surface area contributed by atoms with Gasteiger partial charge < -0.3 is 9.73 Å². The predicted molar refractivity (Wildman–Crippen MR) is 78.5 cm³/mol. The summed E-state index contributed by atoms with van der Waals surface area (Å²) in [5, 5.41) is 9.31. The van der Waals surface area contributed by atoms with E-state index in [9.17, 15) is 0 Å². The van der Waals surface area contributed by atoms with Crippen molar-refractivity contribution in [1.29, 1.82) is 0 Å². The zero-order valence-electron chi connectivity index (χ0n) is 11.7. The Morgan fingerprint density at radius 2 is 2.25 bits per heavy atom. The van der Waals surface area contributed by atoms with Crippen LogP contribution in [0.25, 0.3) is 22.2 Å². The zero-order chi connectivity index (χ0) is 13.7. The second-order valence-corrected chi connectivity index (χ2v) is 5.44. The molecule has 0 saturated heterocycles. The molecule has 3 heterocycles. The summed E-state index contributed by atoms with van der Waals surface area (Å²) in [5.41, 5.74) is 5.93. The molecule has 102 valence electrons. The van der Waals surface area contributed by atoms with Crippen molar-refractivity contribution in [2.45, 2.75) is 19.4 Å². The minimum absolute atomic E-state index is 0.330. The molecule has 4 rings (SSSR count). The van der Waals surface area contributed by atoms with Gasteiger partial charge in [-0.2, -0.15) is 5.10 Å². The maximum Gasteiger partial charge on any atom is 0.133 e. The summed E-state index contributed by atoms with van der Waals surface area (Å²) < 4.78 is 7.43. The summed E-state index contributed by atoms with van der Waals surface area (Å²) >= 11 is 0. The fourth-order valence-corrected chi connectivity index (χ4v) is 3.17. The van der Waals surface area contributed by atoms with E-state index in [0.717, 1.165) is 23.9 Å². The molecule has 1 aliphatic heterocycles. The van der Waals surface area contributed by atoms with Crippen molar-refractivity contribution < 1.29 is 4.42 Å². The van der Waals surface area contributed by atoms with Gasteiger partial charge >= 0.3 is 0 Å². The third-order valence-corrected chi connectivity index (χ3v) is 4.14. The zero-order valence-corrected chi connectivity index (χ0v) is 11.7. The van der Waals surface area contributed by atoms with Crippen LogP contribution in [0, 0.1) is 0 Å². The van der Waals surface area contributed by atoms with Gasteiger partial charge in [-0.15, -0.1) is 0 Å². The molecule has 0 aliphatic carbocycles. The Balaban J connectivity index is 1.93. The Morgan fingerprint density at radius 1 is 1.35 bits per heavy atom. The Bertz CT molecular complexity index is 784. The average Bonchev–Trinajstić information content (AvgIpc) is 3.02. The van der Waals surface area contributed by atoms with Gasteiger partial charge in [0.1, 0.15) is 5.58 Å². The molecule has 0 amide bonds. The number of furan rings is 1. The van der Waals surface area contributed by atoms with Gasteiger partial charge in [0.25, 0.3) is 0 Å².